The van der Waals surface area contributed by atoms with Gasteiger partial charge in [0.05, 0.1) is 16.8 Å². The van der Waals surface area contributed by atoms with E-state index in [1.807, 2.05) is 0 Å². The van der Waals surface area contributed by atoms with Gasteiger partial charge >= 0.3 is 0 Å². The molecule has 1 heterocycles. The van der Waals surface area contributed by atoms with E-state index in [2.05, 4.69) is 5.32 Å². The van der Waals surface area contributed by atoms with Crippen LogP contribution in [0.25, 0.3) is 0 Å². The van der Waals surface area contributed by atoms with E-state index in [-0.39, 0.29) is 16.5 Å². The standard InChI is InChI=1S/C22H28N4O6S2/c1-24(2)22(28)17-6-10-19(11-7-17)26(33(3,29)30)16-21(27)23-18-8-12-20(13-9-18)34(31,32)25-14-4-5-15-25/h6-13H,4-5,14-16H2,1-3H3,(H,23,27). The Balaban J connectivity index is 1.71. The first-order valence-corrected chi connectivity index (χ1v) is 13.9. The first-order chi connectivity index (χ1) is 15.9. The third-order valence-electron chi connectivity index (χ3n) is 5.34. The summed E-state index contributed by atoms with van der Waals surface area (Å²) in [4.78, 5) is 26.2. The molecule has 2 aromatic carbocycles. The molecular weight excluding hydrogens is 480 g/mol. The Hall–Kier alpha value is -2.96. The van der Waals surface area contributed by atoms with Crippen LogP contribution in [-0.2, 0) is 24.8 Å². The molecule has 12 heteroatoms. The third-order valence-corrected chi connectivity index (χ3v) is 8.39. The highest BCUT2D eigenvalue weighted by Gasteiger charge is 2.27. The van der Waals surface area contributed by atoms with Crippen LogP contribution in [0.3, 0.4) is 0 Å². The summed E-state index contributed by atoms with van der Waals surface area (Å²) in [5, 5.41) is 2.59. The summed E-state index contributed by atoms with van der Waals surface area (Å²) in [6.07, 6.45) is 2.65. The Morgan fingerprint density at radius 1 is 0.912 bits per heavy atom. The van der Waals surface area contributed by atoms with Crippen molar-refractivity contribution in [1.29, 1.82) is 0 Å². The Bertz CT molecular complexity index is 1250. The zero-order valence-electron chi connectivity index (χ0n) is 19.3. The van der Waals surface area contributed by atoms with Crippen molar-refractivity contribution in [3.63, 3.8) is 0 Å². The van der Waals surface area contributed by atoms with Crippen molar-refractivity contribution in [3.05, 3.63) is 54.1 Å². The SMILES string of the molecule is CN(C)C(=O)c1ccc(N(CC(=O)Nc2ccc(S(=O)(=O)N3CCCC3)cc2)S(C)(=O)=O)cc1. The van der Waals surface area contributed by atoms with Crippen LogP contribution < -0.4 is 9.62 Å². The molecule has 0 unspecified atom stereocenters. The van der Waals surface area contributed by atoms with Crippen molar-refractivity contribution in [2.24, 2.45) is 0 Å². The summed E-state index contributed by atoms with van der Waals surface area (Å²) < 4.78 is 52.3. The number of carbonyl (C=O) groups is 2. The average molecular weight is 509 g/mol. The van der Waals surface area contributed by atoms with E-state index < -0.39 is 32.5 Å². The molecule has 1 aliphatic heterocycles. The highest BCUT2D eigenvalue weighted by Crippen LogP contribution is 2.23. The minimum atomic E-state index is -3.80. The van der Waals surface area contributed by atoms with Crippen LogP contribution in [0, 0.1) is 0 Å². The molecular formula is C22H28N4O6S2. The van der Waals surface area contributed by atoms with E-state index >= 15 is 0 Å². The van der Waals surface area contributed by atoms with Crippen molar-refractivity contribution in [2.45, 2.75) is 17.7 Å². The maximum Gasteiger partial charge on any atom is 0.253 e. The molecule has 3 rings (SSSR count). The van der Waals surface area contributed by atoms with E-state index in [0.717, 1.165) is 23.4 Å². The summed E-state index contributed by atoms with van der Waals surface area (Å²) in [7, 11) is -4.15. The third kappa shape index (κ3) is 5.93. The second-order valence-electron chi connectivity index (χ2n) is 8.20. The summed E-state index contributed by atoms with van der Waals surface area (Å²) in [5.74, 6) is -0.834. The molecule has 184 valence electrons. The van der Waals surface area contributed by atoms with E-state index in [1.165, 1.54) is 57.7 Å². The van der Waals surface area contributed by atoms with Crippen LogP contribution in [-0.4, -0.2) is 77.8 Å². The van der Waals surface area contributed by atoms with Gasteiger partial charge in [-0.2, -0.15) is 4.31 Å². The van der Waals surface area contributed by atoms with Gasteiger partial charge in [-0.1, -0.05) is 0 Å². The maximum absolute atomic E-state index is 12.6. The smallest absolute Gasteiger partial charge is 0.253 e. The number of benzene rings is 2. The number of sulfonamides is 2. The van der Waals surface area contributed by atoms with Crippen molar-refractivity contribution in [2.75, 3.05) is 49.6 Å². The zero-order chi connectivity index (χ0) is 25.1. The molecule has 2 amide bonds. The minimum Gasteiger partial charge on any atom is -0.345 e. The first-order valence-electron chi connectivity index (χ1n) is 10.6. The lowest BCUT2D eigenvalue weighted by molar-refractivity contribution is -0.114. The van der Waals surface area contributed by atoms with Crippen molar-refractivity contribution in [3.8, 4) is 0 Å². The number of rotatable bonds is 8. The summed E-state index contributed by atoms with van der Waals surface area (Å²) in [6.45, 7) is 0.493. The second-order valence-corrected chi connectivity index (χ2v) is 12.0. The number of anilines is 2. The highest BCUT2D eigenvalue weighted by molar-refractivity contribution is 7.92. The van der Waals surface area contributed by atoms with Gasteiger partial charge in [-0.25, -0.2) is 16.8 Å². The molecule has 34 heavy (non-hydrogen) atoms. The van der Waals surface area contributed by atoms with Gasteiger partial charge in [-0.15, -0.1) is 0 Å². The average Bonchev–Trinajstić information content (AvgIpc) is 3.33. The molecule has 0 spiro atoms. The van der Waals surface area contributed by atoms with Gasteiger partial charge in [-0.05, 0) is 61.4 Å². The fourth-order valence-electron chi connectivity index (χ4n) is 3.55. The van der Waals surface area contributed by atoms with Crippen LogP contribution in [0.5, 0.6) is 0 Å². The Morgan fingerprint density at radius 2 is 1.47 bits per heavy atom. The second kappa shape index (κ2) is 10.1. The monoisotopic (exact) mass is 508 g/mol. The van der Waals surface area contributed by atoms with Crippen LogP contribution in [0.1, 0.15) is 23.2 Å². The molecule has 0 bridgehead atoms. The predicted molar refractivity (Wildman–Crippen MR) is 130 cm³/mol. The normalized spacial score (nSPS) is 14.6. The summed E-state index contributed by atoms with van der Waals surface area (Å²) in [6, 6.07) is 11.7. The van der Waals surface area contributed by atoms with E-state index in [1.54, 1.807) is 14.1 Å². The van der Waals surface area contributed by atoms with E-state index in [4.69, 9.17) is 0 Å². The van der Waals surface area contributed by atoms with Crippen molar-refractivity contribution >= 4 is 43.2 Å². The molecule has 1 saturated heterocycles. The quantitative estimate of drug-likeness (QED) is 0.577. The predicted octanol–water partition coefficient (Wildman–Crippen LogP) is 1.58. The van der Waals surface area contributed by atoms with Crippen LogP contribution >= 0.6 is 0 Å². The number of carbonyl (C=O) groups excluding carboxylic acids is 2. The number of nitrogens with zero attached hydrogens (tertiary/aromatic N) is 3. The lowest BCUT2D eigenvalue weighted by Crippen LogP contribution is -2.37. The van der Waals surface area contributed by atoms with Crippen LogP contribution in [0.15, 0.2) is 53.4 Å². The Labute approximate surface area is 200 Å². The molecule has 0 aliphatic carbocycles. The number of amides is 2. The maximum atomic E-state index is 12.6. The Kier molecular flexibility index (Phi) is 7.64. The van der Waals surface area contributed by atoms with E-state index in [9.17, 15) is 26.4 Å². The number of nitrogens with one attached hydrogen (secondary N) is 1. The van der Waals surface area contributed by atoms with Crippen molar-refractivity contribution < 1.29 is 26.4 Å². The van der Waals surface area contributed by atoms with Gasteiger partial charge in [0.1, 0.15) is 6.54 Å². The van der Waals surface area contributed by atoms with E-state index in [0.29, 0.717) is 24.3 Å². The molecule has 10 nitrogen and oxygen atoms in total. The molecule has 2 aromatic rings. The Morgan fingerprint density at radius 3 is 1.97 bits per heavy atom. The summed E-state index contributed by atoms with van der Waals surface area (Å²) >= 11 is 0. The van der Waals surface area contributed by atoms with Gasteiger partial charge < -0.3 is 10.2 Å². The fraction of sp³-hybridized carbons (Fsp3) is 0.364. The highest BCUT2D eigenvalue weighted by atomic mass is 32.2. The molecule has 1 N–H and O–H groups in total. The molecule has 0 aromatic heterocycles. The number of hydrogen-bond acceptors (Lipinski definition) is 6. The fourth-order valence-corrected chi connectivity index (χ4v) is 5.92. The van der Waals surface area contributed by atoms with Gasteiger partial charge in [0.15, 0.2) is 0 Å². The molecule has 0 saturated carbocycles. The van der Waals surface area contributed by atoms with Crippen LogP contribution in [0.4, 0.5) is 11.4 Å². The molecule has 0 atom stereocenters. The minimum absolute atomic E-state index is 0.137. The molecule has 0 radical (unpaired) electrons. The number of hydrogen-bond donors (Lipinski definition) is 1. The van der Waals surface area contributed by atoms with Crippen LogP contribution in [0.2, 0.25) is 0 Å². The van der Waals surface area contributed by atoms with Gasteiger partial charge in [-0.3, -0.25) is 13.9 Å². The van der Waals surface area contributed by atoms with Gasteiger partial charge in [0.2, 0.25) is 26.0 Å². The van der Waals surface area contributed by atoms with Crippen molar-refractivity contribution in [1.82, 2.24) is 9.21 Å². The van der Waals surface area contributed by atoms with Gasteiger partial charge in [0.25, 0.3) is 5.91 Å². The topological polar surface area (TPSA) is 124 Å². The zero-order valence-corrected chi connectivity index (χ0v) is 20.9. The molecule has 1 fully saturated rings. The van der Waals surface area contributed by atoms with Gasteiger partial charge in [0, 0.05) is 38.4 Å². The first kappa shape index (κ1) is 25.7. The lowest BCUT2D eigenvalue weighted by atomic mass is 10.2. The summed E-state index contributed by atoms with van der Waals surface area (Å²) in [5.41, 5.74) is 0.960. The molecule has 1 aliphatic rings. The largest absolute Gasteiger partial charge is 0.345 e. The lowest BCUT2D eigenvalue weighted by Gasteiger charge is -2.22.